The molecular weight excluding hydrogens is 1550 g/mol. The van der Waals surface area contributed by atoms with Gasteiger partial charge in [0.1, 0.15) is 100 Å². The topological polar surface area (TPSA) is 226 Å². The molecule has 0 N–H and O–H groups in total. The number of fused-ring (bicyclic) bond motifs is 54. The molecule has 0 radical (unpaired) electrons. The molecule has 0 saturated heterocycles. The Morgan fingerprint density at radius 3 is 0.895 bits per heavy atom. The molecule has 0 aliphatic rings. The molecule has 20 aromatic heterocycles. The molecule has 0 bridgehead atoms. The fourth-order valence-electron chi connectivity index (χ4n) is 19.9. The first-order chi connectivity index (χ1) is 61.5. The molecule has 0 spiro atoms. The highest BCUT2D eigenvalue weighted by Gasteiger charge is 2.27. The molecule has 0 atom stereocenters. The normalized spacial score (nSPS) is 12.5. The average Bonchev–Trinajstić information content (AvgIpc) is 1.55. The summed E-state index contributed by atoms with van der Waals surface area (Å²) >= 11 is 0. The summed E-state index contributed by atoms with van der Waals surface area (Å²) in [6.07, 6.45) is 22.5. The van der Waals surface area contributed by atoms with Crippen molar-refractivity contribution in [2.45, 2.75) is 0 Å². The molecule has 20 heterocycles. The molecule has 0 amide bonds. The molecule has 576 valence electrons. The van der Waals surface area contributed by atoms with E-state index in [4.69, 9.17) is 35.3 Å². The third-order valence-electron chi connectivity index (χ3n) is 25.2. The van der Waals surface area contributed by atoms with Crippen molar-refractivity contribution in [1.29, 1.82) is 0 Å². The van der Waals surface area contributed by atoms with Gasteiger partial charge in [0.2, 0.25) is 0 Å². The Balaban J connectivity index is 0.0000000828. The lowest BCUT2D eigenvalue weighted by atomic mass is 10.1. The van der Waals surface area contributed by atoms with Gasteiger partial charge in [0.25, 0.3) is 0 Å². The number of imidazole rings is 4. The van der Waals surface area contributed by atoms with Crippen molar-refractivity contribution < 1.29 is 35.3 Å². The molecule has 0 unspecified atom stereocenters. The molecular formula is C104H52N12O8. The smallest absolute Gasteiger partial charge is 0.178 e. The molecule has 12 aromatic carbocycles. The minimum absolute atomic E-state index is 0.769. The summed E-state index contributed by atoms with van der Waals surface area (Å²) in [5.41, 5.74) is 24.5. The molecule has 32 rings (SSSR count). The van der Waals surface area contributed by atoms with Crippen molar-refractivity contribution in [2.75, 3.05) is 0 Å². The van der Waals surface area contributed by atoms with Crippen LogP contribution in [0.25, 0.3) is 285 Å². The van der Waals surface area contributed by atoms with Gasteiger partial charge in [-0.05, 0) is 164 Å². The van der Waals surface area contributed by atoms with Crippen LogP contribution in [0, 0.1) is 0 Å². The maximum absolute atomic E-state index is 6.64. The lowest BCUT2D eigenvalue weighted by molar-refractivity contribution is 0.634. The minimum Gasteiger partial charge on any atom is -0.456 e. The van der Waals surface area contributed by atoms with Crippen LogP contribution in [0.3, 0.4) is 0 Å². The van der Waals surface area contributed by atoms with Gasteiger partial charge in [-0.15, -0.1) is 0 Å². The Morgan fingerprint density at radius 2 is 0.435 bits per heavy atom. The lowest BCUT2D eigenvalue weighted by Crippen LogP contribution is -1.92. The number of furan rings is 8. The zero-order chi connectivity index (χ0) is 80.4. The van der Waals surface area contributed by atoms with E-state index in [2.05, 4.69) is 191 Å². The second kappa shape index (κ2) is 24.1. The molecule has 124 heavy (non-hydrogen) atoms. The quantitative estimate of drug-likeness (QED) is 0.129. The highest BCUT2D eigenvalue weighted by atomic mass is 16.4. The number of aromatic nitrogens is 12. The SMILES string of the molecule is c1ccc2c(c1)oc1c2ccc2c3ccc4c5ncccc5c5nccn5c4c3oc21.c1ccc2c(c1)oc1cc3c(cc12)oc1c3ccc2c3ncccc3c3nccn3c21.c1ccc2c(c1)oc1cc3oc4c(ccc5c6ncccc6c6nccn6c54)c3cc12.c1ccc2c(c1)oc1ccc3c4ccc5c6ncccc6c6nccn6c5c4oc3c12. The van der Waals surface area contributed by atoms with Gasteiger partial charge < -0.3 is 35.3 Å². The maximum atomic E-state index is 6.64. The summed E-state index contributed by atoms with van der Waals surface area (Å²) in [5, 5.41) is 25.3. The van der Waals surface area contributed by atoms with Crippen LogP contribution in [0.2, 0.25) is 0 Å². The van der Waals surface area contributed by atoms with Crippen LogP contribution in [-0.4, -0.2) is 57.5 Å². The summed E-state index contributed by atoms with van der Waals surface area (Å²) in [6, 6.07) is 82.2. The highest BCUT2D eigenvalue weighted by Crippen LogP contribution is 2.48. The summed E-state index contributed by atoms with van der Waals surface area (Å²) in [5.74, 6) is 0. The van der Waals surface area contributed by atoms with Crippen molar-refractivity contribution in [3.63, 3.8) is 0 Å². The Labute approximate surface area is 691 Å². The Morgan fingerprint density at radius 1 is 0.161 bits per heavy atom. The minimum atomic E-state index is 0.769. The predicted octanol–water partition coefficient (Wildman–Crippen LogP) is 27.3. The predicted molar refractivity (Wildman–Crippen MR) is 490 cm³/mol. The van der Waals surface area contributed by atoms with Crippen LogP contribution in [0.1, 0.15) is 0 Å². The van der Waals surface area contributed by atoms with Crippen molar-refractivity contribution >= 4 is 285 Å². The van der Waals surface area contributed by atoms with Crippen molar-refractivity contribution in [2.24, 2.45) is 0 Å². The van der Waals surface area contributed by atoms with E-state index in [-0.39, 0.29) is 0 Å². The summed E-state index contributed by atoms with van der Waals surface area (Å²) in [4.78, 5) is 37.1. The summed E-state index contributed by atoms with van der Waals surface area (Å²) in [6.45, 7) is 0. The van der Waals surface area contributed by atoms with Gasteiger partial charge >= 0.3 is 0 Å². The number of rotatable bonds is 0. The number of hydrogen-bond acceptors (Lipinski definition) is 16. The molecule has 0 saturated carbocycles. The van der Waals surface area contributed by atoms with Crippen molar-refractivity contribution in [3.8, 4) is 0 Å². The Bertz CT molecular complexity index is 10200. The first-order valence-electron chi connectivity index (χ1n) is 40.7. The van der Waals surface area contributed by atoms with Crippen LogP contribution < -0.4 is 0 Å². The third kappa shape index (κ3) is 8.80. The van der Waals surface area contributed by atoms with E-state index in [1.807, 2.05) is 184 Å². The summed E-state index contributed by atoms with van der Waals surface area (Å²) in [7, 11) is 0. The van der Waals surface area contributed by atoms with E-state index < -0.39 is 0 Å². The van der Waals surface area contributed by atoms with Gasteiger partial charge in [0.15, 0.2) is 33.5 Å². The van der Waals surface area contributed by atoms with Gasteiger partial charge in [0.05, 0.1) is 27.5 Å². The van der Waals surface area contributed by atoms with Gasteiger partial charge in [0, 0.05) is 204 Å². The number of pyridine rings is 8. The number of para-hydroxylation sites is 4. The van der Waals surface area contributed by atoms with Gasteiger partial charge in [-0.1, -0.05) is 72.8 Å². The standard InChI is InChI=1S/4C26H13N3O2/c1-2-6-19-16(4-1)21-20(30-19)10-9-14-15-7-8-17-22-18(5-3-11-27-22)26-28-12-13-29(26)23(17)25(15)31-24(14)21;1-2-6-20-14(4-1)15-7-8-17-16-9-10-18-21-19(5-3-11-27-21)26-28-12-13-29(26)22(18)23(16)31-25(17)24(15)30-20;1-2-6-20-14(4-1)18-12-22-19(13-21(18)30-20)15-7-8-16-23-17(5-3-9-27-23)26-28-10-11-29(26)24(16)25(15)31-22;1-2-6-20-14(4-1)18-12-19-15-7-8-16-23-17(5-3-9-27-23)26-28-10-11-29(26)24(16)25(15)31-22(19)13-21(18)30-20/h4*1-13H. The molecule has 0 aliphatic heterocycles. The van der Waals surface area contributed by atoms with Crippen LogP contribution >= 0.6 is 0 Å². The molecule has 0 aliphatic carbocycles. The fourth-order valence-corrected chi connectivity index (χ4v) is 19.9. The van der Waals surface area contributed by atoms with E-state index in [1.165, 1.54) is 0 Å². The second-order valence-electron chi connectivity index (χ2n) is 31.6. The van der Waals surface area contributed by atoms with Crippen molar-refractivity contribution in [1.82, 2.24) is 57.5 Å². The Kier molecular flexibility index (Phi) is 12.7. The zero-order valence-electron chi connectivity index (χ0n) is 64.7. The van der Waals surface area contributed by atoms with Crippen LogP contribution in [0.4, 0.5) is 0 Å². The van der Waals surface area contributed by atoms with E-state index in [1.54, 1.807) is 0 Å². The monoisotopic (exact) mass is 1600 g/mol. The number of nitrogens with zero attached hydrogens (tertiary/aromatic N) is 12. The highest BCUT2D eigenvalue weighted by molar-refractivity contribution is 6.30. The van der Waals surface area contributed by atoms with Gasteiger partial charge in [-0.3, -0.25) is 37.5 Å². The van der Waals surface area contributed by atoms with Crippen LogP contribution in [0.15, 0.2) is 352 Å². The number of hydrogen-bond donors (Lipinski definition) is 0. The van der Waals surface area contributed by atoms with E-state index in [9.17, 15) is 0 Å². The van der Waals surface area contributed by atoms with Gasteiger partial charge in [-0.2, -0.15) is 0 Å². The first-order valence-corrected chi connectivity index (χ1v) is 40.7. The third-order valence-corrected chi connectivity index (χ3v) is 25.2. The van der Waals surface area contributed by atoms with Crippen LogP contribution in [0.5, 0.6) is 0 Å². The zero-order valence-corrected chi connectivity index (χ0v) is 64.7. The molecule has 20 nitrogen and oxygen atoms in total. The maximum Gasteiger partial charge on any atom is 0.178 e. The van der Waals surface area contributed by atoms with E-state index in [0.29, 0.717) is 0 Å². The molecule has 20 heteroatoms. The van der Waals surface area contributed by atoms with E-state index in [0.717, 1.165) is 285 Å². The van der Waals surface area contributed by atoms with Gasteiger partial charge in [-0.25, -0.2) is 19.9 Å². The van der Waals surface area contributed by atoms with E-state index >= 15 is 0 Å². The lowest BCUT2D eigenvalue weighted by Gasteiger charge is -2.07. The Hall–Kier alpha value is -17.5. The first kappa shape index (κ1) is 65.5. The largest absolute Gasteiger partial charge is 0.456 e. The average molecular weight is 1600 g/mol. The van der Waals surface area contributed by atoms with Crippen molar-refractivity contribution in [3.05, 3.63) is 317 Å². The molecule has 0 fully saturated rings. The second-order valence-corrected chi connectivity index (χ2v) is 31.6. The molecule has 32 aromatic rings. The fraction of sp³-hybridized carbons (Fsp3) is 0. The summed E-state index contributed by atoms with van der Waals surface area (Å²) < 4.78 is 59.1. The number of benzene rings is 12. The van der Waals surface area contributed by atoms with Crippen LogP contribution in [-0.2, 0) is 0 Å².